The standard InChI is InChI=1S/C24H24N4O2/c1-30-21-7-5-6-18(16-21)19-8-9-20-10-11-23(27(20)17-19)28-15-12-22(25-28)24(29)26-13-3-2-4-14-26/h5-12,15-17H,2-4,13-14H2,1H3. The number of piperidine rings is 1. The van der Waals surface area contributed by atoms with E-state index in [-0.39, 0.29) is 5.91 Å². The van der Waals surface area contributed by atoms with E-state index >= 15 is 0 Å². The Morgan fingerprint density at radius 1 is 0.967 bits per heavy atom. The first-order chi connectivity index (χ1) is 14.7. The van der Waals surface area contributed by atoms with Gasteiger partial charge in [-0.3, -0.25) is 4.79 Å². The van der Waals surface area contributed by atoms with Crippen molar-refractivity contribution in [1.29, 1.82) is 0 Å². The molecule has 0 atom stereocenters. The summed E-state index contributed by atoms with van der Waals surface area (Å²) in [5, 5.41) is 4.59. The lowest BCUT2D eigenvalue weighted by Gasteiger charge is -2.25. The minimum atomic E-state index is 0.0198. The zero-order valence-corrected chi connectivity index (χ0v) is 17.0. The SMILES string of the molecule is COc1cccc(-c2ccc3ccc(-n4ccc(C(=O)N5CCCCC5)n4)n3c2)c1. The number of hydrogen-bond donors (Lipinski definition) is 0. The molecular formula is C24H24N4O2. The second kappa shape index (κ2) is 7.71. The molecule has 0 spiro atoms. The van der Waals surface area contributed by atoms with Crippen molar-refractivity contribution in [2.45, 2.75) is 19.3 Å². The van der Waals surface area contributed by atoms with Crippen LogP contribution >= 0.6 is 0 Å². The topological polar surface area (TPSA) is 51.8 Å². The first-order valence-electron chi connectivity index (χ1n) is 10.3. The van der Waals surface area contributed by atoms with Gasteiger partial charge in [0.05, 0.1) is 7.11 Å². The van der Waals surface area contributed by atoms with Crippen LogP contribution in [0.25, 0.3) is 22.5 Å². The zero-order chi connectivity index (χ0) is 20.5. The van der Waals surface area contributed by atoms with Gasteiger partial charge < -0.3 is 14.0 Å². The number of aromatic nitrogens is 3. The molecule has 6 nitrogen and oxygen atoms in total. The quantitative estimate of drug-likeness (QED) is 0.509. The number of likely N-dealkylation sites (tertiary alicyclic amines) is 1. The van der Waals surface area contributed by atoms with E-state index in [1.54, 1.807) is 11.8 Å². The number of methoxy groups -OCH3 is 1. The van der Waals surface area contributed by atoms with Gasteiger partial charge >= 0.3 is 0 Å². The lowest BCUT2D eigenvalue weighted by atomic mass is 10.1. The second-order valence-corrected chi connectivity index (χ2v) is 7.63. The molecule has 152 valence electrons. The van der Waals surface area contributed by atoms with Gasteiger partial charge in [0.15, 0.2) is 5.69 Å². The maximum atomic E-state index is 12.8. The lowest BCUT2D eigenvalue weighted by Crippen LogP contribution is -2.35. The van der Waals surface area contributed by atoms with Crippen LogP contribution in [-0.4, -0.2) is 45.2 Å². The lowest BCUT2D eigenvalue weighted by molar-refractivity contribution is 0.0718. The van der Waals surface area contributed by atoms with Gasteiger partial charge in [0.25, 0.3) is 5.91 Å². The van der Waals surface area contributed by atoms with E-state index in [1.165, 1.54) is 6.42 Å². The molecule has 0 saturated carbocycles. The third-order valence-electron chi connectivity index (χ3n) is 5.72. The monoisotopic (exact) mass is 400 g/mol. The van der Waals surface area contributed by atoms with Crippen molar-refractivity contribution >= 4 is 11.4 Å². The summed E-state index contributed by atoms with van der Waals surface area (Å²) in [7, 11) is 1.67. The van der Waals surface area contributed by atoms with Crippen LogP contribution in [0.2, 0.25) is 0 Å². The third kappa shape index (κ3) is 3.34. The predicted molar refractivity (Wildman–Crippen MR) is 116 cm³/mol. The third-order valence-corrected chi connectivity index (χ3v) is 5.72. The molecule has 1 fully saturated rings. The molecule has 1 aliphatic heterocycles. The first-order valence-corrected chi connectivity index (χ1v) is 10.3. The molecule has 0 aliphatic carbocycles. The van der Waals surface area contributed by atoms with Crippen molar-refractivity contribution in [1.82, 2.24) is 19.1 Å². The van der Waals surface area contributed by atoms with Crippen LogP contribution in [0.3, 0.4) is 0 Å². The van der Waals surface area contributed by atoms with Crippen LogP contribution in [0.1, 0.15) is 29.8 Å². The molecule has 4 heterocycles. The minimum Gasteiger partial charge on any atom is -0.497 e. The molecule has 6 heteroatoms. The number of ether oxygens (including phenoxy) is 1. The van der Waals surface area contributed by atoms with Crippen LogP contribution in [0.5, 0.6) is 5.75 Å². The highest BCUT2D eigenvalue weighted by molar-refractivity contribution is 5.92. The van der Waals surface area contributed by atoms with Gasteiger partial charge in [0.2, 0.25) is 0 Å². The maximum Gasteiger partial charge on any atom is 0.274 e. The summed E-state index contributed by atoms with van der Waals surface area (Å²) in [4.78, 5) is 14.7. The summed E-state index contributed by atoms with van der Waals surface area (Å²) in [5.74, 6) is 1.74. The van der Waals surface area contributed by atoms with E-state index in [2.05, 4.69) is 40.0 Å². The average molecular weight is 400 g/mol. The summed E-state index contributed by atoms with van der Waals surface area (Å²) in [5.41, 5.74) is 3.72. The molecule has 0 N–H and O–H groups in total. The van der Waals surface area contributed by atoms with E-state index in [9.17, 15) is 4.79 Å². The number of rotatable bonds is 4. The van der Waals surface area contributed by atoms with Gasteiger partial charge in [-0.2, -0.15) is 5.10 Å². The summed E-state index contributed by atoms with van der Waals surface area (Å²) in [6.45, 7) is 1.65. The molecule has 3 aromatic heterocycles. The number of benzene rings is 1. The van der Waals surface area contributed by atoms with Gasteiger partial charge in [-0.1, -0.05) is 18.2 Å². The van der Waals surface area contributed by atoms with Crippen molar-refractivity contribution in [2.75, 3.05) is 20.2 Å². The molecule has 1 aromatic carbocycles. The van der Waals surface area contributed by atoms with Crippen molar-refractivity contribution in [3.8, 4) is 22.7 Å². The van der Waals surface area contributed by atoms with Crippen LogP contribution in [0, 0.1) is 0 Å². The van der Waals surface area contributed by atoms with Crippen LogP contribution < -0.4 is 4.74 Å². The predicted octanol–water partition coefficient (Wildman–Crippen LogP) is 4.43. The van der Waals surface area contributed by atoms with E-state index in [0.717, 1.165) is 54.1 Å². The highest BCUT2D eigenvalue weighted by atomic mass is 16.5. The molecule has 1 amide bonds. The highest BCUT2D eigenvalue weighted by Crippen LogP contribution is 2.26. The van der Waals surface area contributed by atoms with E-state index in [4.69, 9.17) is 4.74 Å². The maximum absolute atomic E-state index is 12.8. The van der Waals surface area contributed by atoms with Crippen LogP contribution in [0.4, 0.5) is 0 Å². The van der Waals surface area contributed by atoms with Crippen molar-refractivity contribution in [3.05, 3.63) is 72.7 Å². The molecule has 5 rings (SSSR count). The van der Waals surface area contributed by atoms with Gasteiger partial charge in [0, 0.05) is 31.0 Å². The van der Waals surface area contributed by atoms with E-state index in [1.807, 2.05) is 41.4 Å². The van der Waals surface area contributed by atoms with Gasteiger partial charge in [-0.25, -0.2) is 4.68 Å². The smallest absolute Gasteiger partial charge is 0.274 e. The van der Waals surface area contributed by atoms with E-state index in [0.29, 0.717) is 5.69 Å². The van der Waals surface area contributed by atoms with E-state index < -0.39 is 0 Å². The molecule has 0 radical (unpaired) electrons. The molecule has 1 saturated heterocycles. The Morgan fingerprint density at radius 2 is 1.80 bits per heavy atom. The number of amides is 1. The number of hydrogen-bond acceptors (Lipinski definition) is 3. The average Bonchev–Trinajstić information content (AvgIpc) is 3.46. The van der Waals surface area contributed by atoms with Gasteiger partial charge in [-0.05, 0) is 66.8 Å². The van der Waals surface area contributed by atoms with Crippen molar-refractivity contribution in [2.24, 2.45) is 0 Å². The molecule has 30 heavy (non-hydrogen) atoms. The fourth-order valence-corrected chi connectivity index (χ4v) is 4.07. The Kier molecular flexibility index (Phi) is 4.75. The normalized spacial score (nSPS) is 14.2. The Hall–Kier alpha value is -3.54. The molecule has 0 bridgehead atoms. The summed E-state index contributed by atoms with van der Waals surface area (Å²) in [6, 6.07) is 18.1. The van der Waals surface area contributed by atoms with Crippen LogP contribution in [0.15, 0.2) is 67.0 Å². The molecule has 0 unspecified atom stereocenters. The molecule has 4 aromatic rings. The fourth-order valence-electron chi connectivity index (χ4n) is 4.07. The largest absolute Gasteiger partial charge is 0.497 e. The van der Waals surface area contributed by atoms with Crippen molar-refractivity contribution < 1.29 is 9.53 Å². The van der Waals surface area contributed by atoms with Gasteiger partial charge in [0.1, 0.15) is 11.6 Å². The number of nitrogens with zero attached hydrogens (tertiary/aromatic N) is 4. The molecule has 1 aliphatic rings. The Labute approximate surface area is 175 Å². The minimum absolute atomic E-state index is 0.0198. The van der Waals surface area contributed by atoms with Crippen LogP contribution in [-0.2, 0) is 0 Å². The fraction of sp³-hybridized carbons (Fsp3) is 0.250. The summed E-state index contributed by atoms with van der Waals surface area (Å²) in [6.07, 6.45) is 7.29. The van der Waals surface area contributed by atoms with Crippen molar-refractivity contribution in [3.63, 3.8) is 0 Å². The number of fused-ring (bicyclic) bond motifs is 1. The first kappa shape index (κ1) is 18.5. The summed E-state index contributed by atoms with van der Waals surface area (Å²) >= 11 is 0. The summed E-state index contributed by atoms with van der Waals surface area (Å²) < 4.78 is 9.23. The van der Waals surface area contributed by atoms with Gasteiger partial charge in [-0.15, -0.1) is 0 Å². The highest BCUT2D eigenvalue weighted by Gasteiger charge is 2.20. The zero-order valence-electron chi connectivity index (χ0n) is 17.0. The Balaban J connectivity index is 1.49. The second-order valence-electron chi connectivity index (χ2n) is 7.63. The number of carbonyl (C=O) groups excluding carboxylic acids is 1. The Bertz CT molecular complexity index is 1200. The Morgan fingerprint density at radius 3 is 2.63 bits per heavy atom. The molecular weight excluding hydrogens is 376 g/mol. The number of carbonyl (C=O) groups is 1. The number of pyridine rings is 1.